The van der Waals surface area contributed by atoms with Crippen molar-refractivity contribution in [2.24, 2.45) is 12.5 Å². The van der Waals surface area contributed by atoms with Crippen LogP contribution < -0.4 is 24.6 Å². The van der Waals surface area contributed by atoms with Gasteiger partial charge < -0.3 is 24.6 Å². The lowest BCUT2D eigenvalue weighted by Crippen LogP contribution is -2.65. The van der Waals surface area contributed by atoms with Crippen molar-refractivity contribution < 1.29 is 18.7 Å². The fourth-order valence-corrected chi connectivity index (χ4v) is 6.60. The zero-order valence-electron chi connectivity index (χ0n) is 27.0. The first-order valence-corrected chi connectivity index (χ1v) is 16.0. The fraction of sp³-hybridized carbons (Fsp3) is 0.441. The normalized spacial score (nSPS) is 16.5. The molecular weight excluding hydrogens is 587 g/mol. The van der Waals surface area contributed by atoms with E-state index in [1.165, 1.54) is 30.1 Å². The summed E-state index contributed by atoms with van der Waals surface area (Å²) in [4.78, 5) is 30.8. The number of fused-ring (bicyclic) bond motifs is 1. The molecule has 1 aromatic carbocycles. The molecule has 2 aliphatic heterocycles. The van der Waals surface area contributed by atoms with Crippen LogP contribution in [0.5, 0.6) is 17.2 Å². The predicted molar refractivity (Wildman–Crippen MR) is 173 cm³/mol. The number of carbonyl (C=O) groups is 1. The molecule has 0 unspecified atom stereocenters. The van der Waals surface area contributed by atoms with Gasteiger partial charge in [-0.15, -0.1) is 0 Å². The largest absolute Gasteiger partial charge is 0.490 e. The lowest BCUT2D eigenvalue weighted by atomic mass is 9.61. The Bertz CT molecular complexity index is 1700. The van der Waals surface area contributed by atoms with Crippen molar-refractivity contribution in [3.63, 3.8) is 0 Å². The van der Waals surface area contributed by atoms with Gasteiger partial charge in [0.1, 0.15) is 29.7 Å². The summed E-state index contributed by atoms with van der Waals surface area (Å²) in [6.07, 6.45) is 11.3. The zero-order chi connectivity index (χ0) is 32.4. The highest BCUT2D eigenvalue weighted by Crippen LogP contribution is 2.52. The number of benzene rings is 1. The highest BCUT2D eigenvalue weighted by Gasteiger charge is 2.54. The molecule has 1 N–H and O–H groups in total. The molecule has 2 fully saturated rings. The van der Waals surface area contributed by atoms with Gasteiger partial charge >= 0.3 is 0 Å². The van der Waals surface area contributed by atoms with Gasteiger partial charge in [0, 0.05) is 74.8 Å². The van der Waals surface area contributed by atoms with Gasteiger partial charge in [-0.2, -0.15) is 5.10 Å². The molecule has 1 spiro atoms. The Balaban J connectivity index is 0.00000182. The third-order valence-electron chi connectivity index (χ3n) is 8.66. The van der Waals surface area contributed by atoms with Crippen LogP contribution >= 0.6 is 0 Å². The van der Waals surface area contributed by atoms with E-state index in [4.69, 9.17) is 9.47 Å². The van der Waals surface area contributed by atoms with E-state index in [9.17, 15) is 9.18 Å². The van der Waals surface area contributed by atoms with Crippen LogP contribution in [0.3, 0.4) is 0 Å². The van der Waals surface area contributed by atoms with E-state index in [0.717, 1.165) is 56.9 Å². The number of hydrogen-bond acceptors (Lipinski definition) is 9. The molecule has 11 nitrogen and oxygen atoms in total. The summed E-state index contributed by atoms with van der Waals surface area (Å²) >= 11 is 0. The highest BCUT2D eigenvalue weighted by atomic mass is 19.1. The van der Waals surface area contributed by atoms with Crippen LogP contribution in [0, 0.1) is 11.2 Å². The van der Waals surface area contributed by atoms with Crippen molar-refractivity contribution in [2.45, 2.75) is 65.6 Å². The van der Waals surface area contributed by atoms with Crippen LogP contribution in [0.2, 0.25) is 0 Å². The Hall–Kier alpha value is -4.58. The summed E-state index contributed by atoms with van der Waals surface area (Å²) in [6, 6.07) is 5.73. The molecule has 0 atom stereocenters. The maximum Gasteiger partial charge on any atom is 0.262 e. The Morgan fingerprint density at radius 3 is 2.65 bits per heavy atom. The number of halogens is 1. The van der Waals surface area contributed by atoms with E-state index in [-0.39, 0.29) is 28.9 Å². The second kappa shape index (κ2) is 13.0. The van der Waals surface area contributed by atoms with Crippen molar-refractivity contribution in [1.29, 1.82) is 0 Å². The fourth-order valence-electron chi connectivity index (χ4n) is 6.60. The minimum atomic E-state index is -0.532. The third kappa shape index (κ3) is 6.13. The number of rotatable bonds is 8. The zero-order valence-corrected chi connectivity index (χ0v) is 27.0. The monoisotopic (exact) mass is 628 g/mol. The van der Waals surface area contributed by atoms with Crippen LogP contribution in [0.15, 0.2) is 55.4 Å². The number of aryl methyl sites for hydroxylation is 1. The predicted octanol–water partition coefficient (Wildman–Crippen LogP) is 5.31. The SMILES string of the molecule is CC.CC(C)N(C(=O)c1cc(F)ccc1Oc1cncnc1N1CC2(CC(Oc3ccnc4c3CNCC4)C2)C1)c1cnn(C)c1. The second-order valence-electron chi connectivity index (χ2n) is 12.3. The molecular formula is C34H41FN8O3. The molecule has 5 heterocycles. The summed E-state index contributed by atoms with van der Waals surface area (Å²) in [6.45, 7) is 11.2. The first-order chi connectivity index (χ1) is 22.3. The maximum absolute atomic E-state index is 14.5. The van der Waals surface area contributed by atoms with Gasteiger partial charge in [-0.3, -0.25) is 14.5 Å². The molecule has 4 aromatic rings. The first kappa shape index (κ1) is 31.4. The van der Waals surface area contributed by atoms with Gasteiger partial charge in [0.2, 0.25) is 0 Å². The Kier molecular flexibility index (Phi) is 8.90. The summed E-state index contributed by atoms with van der Waals surface area (Å²) < 4.78 is 28.8. The Labute approximate surface area is 268 Å². The van der Waals surface area contributed by atoms with Gasteiger partial charge in [-0.1, -0.05) is 13.8 Å². The van der Waals surface area contributed by atoms with Gasteiger partial charge in [-0.25, -0.2) is 14.4 Å². The van der Waals surface area contributed by atoms with E-state index in [1.54, 1.807) is 35.2 Å². The van der Waals surface area contributed by atoms with E-state index >= 15 is 0 Å². The van der Waals surface area contributed by atoms with Gasteiger partial charge in [-0.05, 0) is 51.0 Å². The van der Waals surface area contributed by atoms with Gasteiger partial charge in [0.25, 0.3) is 5.91 Å². The number of hydrogen-bond donors (Lipinski definition) is 1. The molecule has 242 valence electrons. The van der Waals surface area contributed by atoms with Crippen molar-refractivity contribution in [3.05, 3.63) is 78.0 Å². The number of amides is 1. The molecule has 1 saturated carbocycles. The van der Waals surface area contributed by atoms with Crippen LogP contribution in [0.1, 0.15) is 62.2 Å². The molecule has 0 radical (unpaired) electrons. The molecule has 1 aliphatic carbocycles. The molecule has 3 aromatic heterocycles. The lowest BCUT2D eigenvalue weighted by molar-refractivity contribution is -0.0349. The standard InChI is InChI=1S/C32H35FN8O3.C2H6/c1-20(2)41(22-13-38-39(3)16-22)31(42)24-10-21(33)4-5-27(24)44-29-15-35-19-37-30(29)40-17-32(18-40)11-23(12-32)43-28-7-9-36-26-6-8-34-14-25(26)28;1-2/h4-5,7,9-10,13,15-16,19-20,23,34H,6,8,11-12,14,17-18H2,1-3H3;1-2H3. The molecule has 12 heteroatoms. The van der Waals surface area contributed by atoms with E-state index in [0.29, 0.717) is 17.3 Å². The summed E-state index contributed by atoms with van der Waals surface area (Å²) in [5, 5.41) is 7.61. The van der Waals surface area contributed by atoms with Crippen molar-refractivity contribution >= 4 is 17.4 Å². The van der Waals surface area contributed by atoms with Crippen molar-refractivity contribution in [1.82, 2.24) is 30.0 Å². The van der Waals surface area contributed by atoms with Gasteiger partial charge in [0.05, 0.1) is 23.6 Å². The van der Waals surface area contributed by atoms with Gasteiger partial charge in [0.15, 0.2) is 11.6 Å². The van der Waals surface area contributed by atoms with Crippen LogP contribution in [-0.4, -0.2) is 62.4 Å². The van der Waals surface area contributed by atoms with Crippen LogP contribution in [0.25, 0.3) is 0 Å². The maximum atomic E-state index is 14.5. The second-order valence-corrected chi connectivity index (χ2v) is 12.3. The highest BCUT2D eigenvalue weighted by molar-refractivity contribution is 6.08. The number of pyridine rings is 1. The number of carbonyl (C=O) groups excluding carboxylic acids is 1. The quantitative estimate of drug-likeness (QED) is 0.278. The summed E-state index contributed by atoms with van der Waals surface area (Å²) in [5.74, 6) is 1.28. The average molecular weight is 629 g/mol. The molecule has 1 amide bonds. The molecule has 46 heavy (non-hydrogen) atoms. The van der Waals surface area contributed by atoms with Crippen molar-refractivity contribution in [2.75, 3.05) is 29.4 Å². The van der Waals surface area contributed by atoms with Crippen LogP contribution in [0.4, 0.5) is 15.9 Å². The number of anilines is 2. The Morgan fingerprint density at radius 1 is 1.11 bits per heavy atom. The number of nitrogens with zero attached hydrogens (tertiary/aromatic N) is 7. The van der Waals surface area contributed by atoms with Crippen LogP contribution in [-0.2, 0) is 20.0 Å². The molecule has 3 aliphatic rings. The van der Waals surface area contributed by atoms with Crippen molar-refractivity contribution in [3.8, 4) is 17.2 Å². The number of aromatic nitrogens is 5. The van der Waals surface area contributed by atoms with E-state index < -0.39 is 11.7 Å². The summed E-state index contributed by atoms with van der Waals surface area (Å²) in [7, 11) is 1.78. The molecule has 0 bridgehead atoms. The third-order valence-corrected chi connectivity index (χ3v) is 8.66. The average Bonchev–Trinajstić information content (AvgIpc) is 3.45. The smallest absolute Gasteiger partial charge is 0.262 e. The van der Waals surface area contributed by atoms with E-state index in [2.05, 4.69) is 30.3 Å². The Morgan fingerprint density at radius 2 is 1.91 bits per heavy atom. The lowest BCUT2D eigenvalue weighted by Gasteiger charge is -2.59. The molecule has 1 saturated heterocycles. The first-order valence-electron chi connectivity index (χ1n) is 16.0. The number of ether oxygens (including phenoxy) is 2. The molecule has 7 rings (SSSR count). The minimum Gasteiger partial charge on any atom is -0.490 e. The minimum absolute atomic E-state index is 0.102. The number of nitrogens with one attached hydrogen (secondary N) is 1. The summed E-state index contributed by atoms with van der Waals surface area (Å²) in [5.41, 5.74) is 3.18. The van der Waals surface area contributed by atoms with E-state index in [1.807, 2.05) is 40.0 Å². The topological polar surface area (TPSA) is 111 Å².